The molecular weight excluding hydrogens is 328 g/mol. The summed E-state index contributed by atoms with van der Waals surface area (Å²) in [4.78, 5) is 19.4. The highest BCUT2D eigenvalue weighted by Gasteiger charge is 2.26. The largest absolute Gasteiger partial charge is 0.331 e. The highest BCUT2D eigenvalue weighted by molar-refractivity contribution is 5.92. The van der Waals surface area contributed by atoms with Crippen LogP contribution in [0.2, 0.25) is 0 Å². The molecule has 3 heterocycles. The number of nitrogens with one attached hydrogen (secondary N) is 1. The molecule has 1 amide bonds. The predicted octanol–water partition coefficient (Wildman–Crippen LogP) is 2.12. The van der Waals surface area contributed by atoms with Gasteiger partial charge in [-0.2, -0.15) is 5.10 Å². The zero-order valence-electron chi connectivity index (χ0n) is 15.2. The molecule has 3 aromatic rings. The van der Waals surface area contributed by atoms with Crippen molar-refractivity contribution in [2.45, 2.75) is 18.8 Å². The van der Waals surface area contributed by atoms with E-state index >= 15 is 0 Å². The normalized spacial score (nSPS) is 18.3. The molecule has 1 atom stereocenters. The molecule has 0 aliphatic carbocycles. The first-order valence-electron chi connectivity index (χ1n) is 9.02. The van der Waals surface area contributed by atoms with Crippen molar-refractivity contribution in [2.75, 3.05) is 25.0 Å². The molecule has 136 valence electrons. The summed E-state index contributed by atoms with van der Waals surface area (Å²) in [6, 6.07) is 8.23. The summed E-state index contributed by atoms with van der Waals surface area (Å²) in [6.45, 7) is 2.20. The lowest BCUT2D eigenvalue weighted by atomic mass is 9.97. The van der Waals surface area contributed by atoms with E-state index in [1.165, 1.54) is 0 Å². The van der Waals surface area contributed by atoms with Crippen molar-refractivity contribution in [2.24, 2.45) is 14.1 Å². The van der Waals surface area contributed by atoms with Crippen molar-refractivity contribution < 1.29 is 4.79 Å². The maximum Gasteiger partial charge on any atom is 0.238 e. The fraction of sp³-hybridized carbons (Fsp3) is 0.421. The molecule has 1 aromatic carbocycles. The molecule has 0 spiro atoms. The third-order valence-electron chi connectivity index (χ3n) is 5.05. The average molecular weight is 352 g/mol. The van der Waals surface area contributed by atoms with Crippen molar-refractivity contribution in [1.82, 2.24) is 24.2 Å². The Hall–Kier alpha value is -2.67. The van der Waals surface area contributed by atoms with E-state index < -0.39 is 0 Å². The average Bonchev–Trinajstić information content (AvgIpc) is 3.19. The Kier molecular flexibility index (Phi) is 4.46. The summed E-state index contributed by atoms with van der Waals surface area (Å²) >= 11 is 0. The van der Waals surface area contributed by atoms with Crippen LogP contribution in [0.1, 0.15) is 24.6 Å². The summed E-state index contributed by atoms with van der Waals surface area (Å²) in [5, 5.41) is 6.99. The first-order chi connectivity index (χ1) is 12.6. The number of hydrogen-bond acceptors (Lipinski definition) is 4. The minimum atomic E-state index is 0.00338. The Balaban J connectivity index is 1.43. The van der Waals surface area contributed by atoms with E-state index in [2.05, 4.69) is 39.1 Å². The van der Waals surface area contributed by atoms with Gasteiger partial charge in [-0.15, -0.1) is 0 Å². The maximum absolute atomic E-state index is 12.3. The molecule has 1 N–H and O–H groups in total. The number of imidazole rings is 1. The number of likely N-dealkylation sites (tertiary alicyclic amines) is 1. The second-order valence-corrected chi connectivity index (χ2v) is 7.04. The molecule has 0 bridgehead atoms. The lowest BCUT2D eigenvalue weighted by Crippen LogP contribution is -2.40. The minimum absolute atomic E-state index is 0.00338. The second-order valence-electron chi connectivity index (χ2n) is 7.04. The molecule has 1 unspecified atom stereocenters. The van der Waals surface area contributed by atoms with Gasteiger partial charge in [0.25, 0.3) is 0 Å². The van der Waals surface area contributed by atoms with Gasteiger partial charge in [0.15, 0.2) is 0 Å². The zero-order chi connectivity index (χ0) is 18.1. The number of piperidine rings is 1. The van der Waals surface area contributed by atoms with Gasteiger partial charge in [0, 0.05) is 32.8 Å². The molecule has 1 aliphatic heterocycles. The number of aryl methyl sites for hydroxylation is 2. The van der Waals surface area contributed by atoms with Gasteiger partial charge in [-0.1, -0.05) is 12.1 Å². The summed E-state index contributed by atoms with van der Waals surface area (Å²) in [5.74, 6) is 1.47. The van der Waals surface area contributed by atoms with Crippen molar-refractivity contribution in [1.29, 1.82) is 0 Å². The van der Waals surface area contributed by atoms with Crippen LogP contribution in [0, 0.1) is 0 Å². The number of benzene rings is 1. The summed E-state index contributed by atoms with van der Waals surface area (Å²) in [7, 11) is 3.92. The number of hydrogen-bond donors (Lipinski definition) is 1. The second kappa shape index (κ2) is 6.92. The van der Waals surface area contributed by atoms with E-state index in [9.17, 15) is 4.79 Å². The lowest BCUT2D eigenvalue weighted by molar-refractivity contribution is -0.117. The molecule has 0 saturated carbocycles. The Morgan fingerprint density at radius 3 is 2.92 bits per heavy atom. The smallest absolute Gasteiger partial charge is 0.238 e. The number of carbonyl (C=O) groups is 1. The van der Waals surface area contributed by atoms with E-state index in [4.69, 9.17) is 4.98 Å². The van der Waals surface area contributed by atoms with E-state index in [-0.39, 0.29) is 5.91 Å². The van der Waals surface area contributed by atoms with Crippen LogP contribution in [0.15, 0.2) is 36.7 Å². The molecule has 4 rings (SSSR count). The quantitative estimate of drug-likeness (QED) is 0.781. The maximum atomic E-state index is 12.3. The fourth-order valence-corrected chi connectivity index (χ4v) is 3.83. The summed E-state index contributed by atoms with van der Waals surface area (Å²) < 4.78 is 3.87. The molecule has 1 fully saturated rings. The molecule has 1 saturated heterocycles. The third-order valence-corrected chi connectivity index (χ3v) is 5.05. The van der Waals surface area contributed by atoms with Crippen LogP contribution in [0.3, 0.4) is 0 Å². The Morgan fingerprint density at radius 2 is 2.15 bits per heavy atom. The van der Waals surface area contributed by atoms with Gasteiger partial charge in [-0.25, -0.2) is 4.98 Å². The van der Waals surface area contributed by atoms with E-state index in [1.54, 1.807) is 17.1 Å². The molecular formula is C19H24N6O. The topological polar surface area (TPSA) is 68.0 Å². The Bertz CT molecular complexity index is 927. The number of carbonyl (C=O) groups excluding carboxylic acids is 1. The molecule has 0 radical (unpaired) electrons. The minimum Gasteiger partial charge on any atom is -0.331 e. The van der Waals surface area contributed by atoms with E-state index in [0.717, 1.165) is 48.5 Å². The van der Waals surface area contributed by atoms with Crippen molar-refractivity contribution >= 4 is 22.6 Å². The number of fused-ring (bicyclic) bond motifs is 1. The standard InChI is InChI=1S/C19H24N6O/c1-23-12-15(10-20-23)21-18(26)13-25-9-5-6-14(11-25)19-22-16-7-3-4-8-17(16)24(19)2/h3-4,7-8,10,12,14H,5-6,9,11,13H2,1-2H3,(H,21,26). The van der Waals surface area contributed by atoms with Crippen LogP contribution in [-0.4, -0.2) is 49.8 Å². The van der Waals surface area contributed by atoms with Crippen molar-refractivity contribution in [3.05, 3.63) is 42.5 Å². The van der Waals surface area contributed by atoms with Gasteiger partial charge in [0.05, 0.1) is 29.5 Å². The molecule has 7 nitrogen and oxygen atoms in total. The van der Waals surface area contributed by atoms with Gasteiger partial charge in [-0.3, -0.25) is 14.4 Å². The highest BCUT2D eigenvalue weighted by atomic mass is 16.2. The van der Waals surface area contributed by atoms with Gasteiger partial charge < -0.3 is 9.88 Å². The van der Waals surface area contributed by atoms with Crippen LogP contribution < -0.4 is 5.32 Å². The summed E-state index contributed by atoms with van der Waals surface area (Å²) in [6.07, 6.45) is 5.65. The molecule has 7 heteroatoms. The fourth-order valence-electron chi connectivity index (χ4n) is 3.83. The van der Waals surface area contributed by atoms with E-state index in [1.807, 2.05) is 19.2 Å². The monoisotopic (exact) mass is 352 g/mol. The van der Waals surface area contributed by atoms with Gasteiger partial charge in [-0.05, 0) is 31.5 Å². The van der Waals surface area contributed by atoms with Crippen LogP contribution in [0.5, 0.6) is 0 Å². The molecule has 26 heavy (non-hydrogen) atoms. The number of aromatic nitrogens is 4. The Labute approximate surface area is 152 Å². The SMILES string of the molecule is Cn1cc(NC(=O)CN2CCCC(c3nc4ccccc4n3C)C2)cn1. The Morgan fingerprint density at radius 1 is 1.31 bits per heavy atom. The predicted molar refractivity (Wildman–Crippen MR) is 101 cm³/mol. The molecule has 1 aliphatic rings. The van der Waals surface area contributed by atoms with Crippen LogP contribution >= 0.6 is 0 Å². The number of amides is 1. The van der Waals surface area contributed by atoms with Crippen LogP contribution in [0.4, 0.5) is 5.69 Å². The van der Waals surface area contributed by atoms with Crippen LogP contribution in [0.25, 0.3) is 11.0 Å². The van der Waals surface area contributed by atoms with Gasteiger partial charge >= 0.3 is 0 Å². The highest BCUT2D eigenvalue weighted by Crippen LogP contribution is 2.28. The number of rotatable bonds is 4. The zero-order valence-corrected chi connectivity index (χ0v) is 15.2. The van der Waals surface area contributed by atoms with Crippen molar-refractivity contribution in [3.8, 4) is 0 Å². The lowest BCUT2D eigenvalue weighted by Gasteiger charge is -2.31. The van der Waals surface area contributed by atoms with E-state index in [0.29, 0.717) is 12.5 Å². The van der Waals surface area contributed by atoms with Gasteiger partial charge in [0.1, 0.15) is 5.82 Å². The van der Waals surface area contributed by atoms with Crippen LogP contribution in [-0.2, 0) is 18.9 Å². The number of anilines is 1. The number of nitrogens with zero attached hydrogens (tertiary/aromatic N) is 5. The summed E-state index contributed by atoms with van der Waals surface area (Å²) in [5.41, 5.74) is 2.94. The molecule has 2 aromatic heterocycles. The first-order valence-corrected chi connectivity index (χ1v) is 9.02. The van der Waals surface area contributed by atoms with Gasteiger partial charge in [0.2, 0.25) is 5.91 Å². The first kappa shape index (κ1) is 16.8. The number of para-hydroxylation sites is 2. The third kappa shape index (κ3) is 3.35. The van der Waals surface area contributed by atoms with Crippen molar-refractivity contribution in [3.63, 3.8) is 0 Å².